The van der Waals surface area contributed by atoms with E-state index in [0.29, 0.717) is 0 Å². The summed E-state index contributed by atoms with van der Waals surface area (Å²) in [6, 6.07) is 11.6. The van der Waals surface area contributed by atoms with Crippen molar-refractivity contribution < 1.29 is 0 Å². The van der Waals surface area contributed by atoms with Crippen molar-refractivity contribution in [3.63, 3.8) is 0 Å². The van der Waals surface area contributed by atoms with Gasteiger partial charge in [-0.15, -0.1) is 0 Å². The molecule has 1 aromatic carbocycles. The molecule has 0 aliphatic heterocycles. The van der Waals surface area contributed by atoms with Crippen LogP contribution in [0.1, 0.15) is 31.4 Å². The van der Waals surface area contributed by atoms with Crippen molar-refractivity contribution in [3.05, 3.63) is 36.0 Å². The summed E-state index contributed by atoms with van der Waals surface area (Å²) in [6.45, 7) is 0.996. The van der Waals surface area contributed by atoms with Crippen molar-refractivity contribution in [1.29, 1.82) is 0 Å². The maximum atomic E-state index is 3.68. The molecule has 0 unspecified atom stereocenters. The Morgan fingerprint density at radius 1 is 1.24 bits per heavy atom. The Bertz CT molecular complexity index is 507. The number of hydrogen-bond acceptors (Lipinski definition) is 1. The SMILES string of the molecule is Cn1c(CNC2CCCC2)cc2ccccc21. The highest BCUT2D eigenvalue weighted by Gasteiger charge is 2.14. The highest BCUT2D eigenvalue weighted by molar-refractivity contribution is 5.81. The minimum Gasteiger partial charge on any atom is -0.346 e. The number of aromatic nitrogens is 1. The molecule has 1 aliphatic rings. The standard InChI is InChI=1S/C15H20N2/c1-17-14(11-16-13-7-3-4-8-13)10-12-6-2-5-9-15(12)17/h2,5-6,9-10,13,16H,3-4,7-8,11H2,1H3. The van der Waals surface area contributed by atoms with Crippen LogP contribution in [0.25, 0.3) is 10.9 Å². The molecule has 0 amide bonds. The van der Waals surface area contributed by atoms with Crippen molar-refractivity contribution in [2.75, 3.05) is 0 Å². The lowest BCUT2D eigenvalue weighted by Crippen LogP contribution is -2.26. The second kappa shape index (κ2) is 4.53. The smallest absolute Gasteiger partial charge is 0.0480 e. The maximum absolute atomic E-state index is 3.68. The molecule has 2 aromatic rings. The van der Waals surface area contributed by atoms with E-state index in [1.807, 2.05) is 0 Å². The third-order valence-corrected chi connectivity index (χ3v) is 3.98. The second-order valence-electron chi connectivity index (χ2n) is 5.12. The number of para-hydroxylation sites is 1. The van der Waals surface area contributed by atoms with Crippen LogP contribution in [-0.2, 0) is 13.6 Å². The Labute approximate surface area is 103 Å². The molecule has 1 fully saturated rings. The molecule has 0 saturated heterocycles. The molecule has 17 heavy (non-hydrogen) atoms. The van der Waals surface area contributed by atoms with Gasteiger partial charge in [-0.25, -0.2) is 0 Å². The summed E-state index contributed by atoms with van der Waals surface area (Å²) in [6.07, 6.45) is 5.49. The molecule has 1 heterocycles. The predicted octanol–water partition coefficient (Wildman–Crippen LogP) is 3.21. The summed E-state index contributed by atoms with van der Waals surface area (Å²) in [5, 5.41) is 5.02. The molecule has 1 aromatic heterocycles. The molecule has 0 atom stereocenters. The number of nitrogens with zero attached hydrogens (tertiary/aromatic N) is 1. The fourth-order valence-corrected chi connectivity index (χ4v) is 2.89. The average molecular weight is 228 g/mol. The van der Waals surface area contributed by atoms with E-state index < -0.39 is 0 Å². The number of rotatable bonds is 3. The van der Waals surface area contributed by atoms with Crippen LogP contribution in [0, 0.1) is 0 Å². The normalized spacial score (nSPS) is 17.0. The lowest BCUT2D eigenvalue weighted by Gasteiger charge is -2.12. The predicted molar refractivity (Wildman–Crippen MR) is 72.0 cm³/mol. The van der Waals surface area contributed by atoms with Crippen LogP contribution in [0.4, 0.5) is 0 Å². The van der Waals surface area contributed by atoms with Gasteiger partial charge in [-0.05, 0) is 30.4 Å². The molecular formula is C15H20N2. The summed E-state index contributed by atoms with van der Waals surface area (Å²) in [7, 11) is 2.16. The Morgan fingerprint density at radius 2 is 2.00 bits per heavy atom. The number of fused-ring (bicyclic) bond motifs is 1. The largest absolute Gasteiger partial charge is 0.346 e. The van der Waals surface area contributed by atoms with E-state index >= 15 is 0 Å². The molecule has 2 nitrogen and oxygen atoms in total. The van der Waals surface area contributed by atoms with Crippen LogP contribution in [0.3, 0.4) is 0 Å². The van der Waals surface area contributed by atoms with E-state index in [0.717, 1.165) is 12.6 Å². The first kappa shape index (κ1) is 10.8. The molecule has 0 radical (unpaired) electrons. The zero-order valence-electron chi connectivity index (χ0n) is 10.4. The molecule has 1 N–H and O–H groups in total. The Hall–Kier alpha value is -1.28. The summed E-state index contributed by atoms with van der Waals surface area (Å²) in [5.41, 5.74) is 2.72. The minimum atomic E-state index is 0.744. The summed E-state index contributed by atoms with van der Waals surface area (Å²) >= 11 is 0. The van der Waals surface area contributed by atoms with Gasteiger partial charge < -0.3 is 9.88 Å². The minimum absolute atomic E-state index is 0.744. The van der Waals surface area contributed by atoms with Crippen LogP contribution >= 0.6 is 0 Å². The Kier molecular flexibility index (Phi) is 2.89. The van der Waals surface area contributed by atoms with Gasteiger partial charge in [0, 0.05) is 30.8 Å². The van der Waals surface area contributed by atoms with Crippen LogP contribution in [0.5, 0.6) is 0 Å². The van der Waals surface area contributed by atoms with Gasteiger partial charge in [0.2, 0.25) is 0 Å². The molecule has 3 rings (SSSR count). The van der Waals surface area contributed by atoms with E-state index in [1.54, 1.807) is 0 Å². The van der Waals surface area contributed by atoms with Gasteiger partial charge in [-0.3, -0.25) is 0 Å². The Morgan fingerprint density at radius 3 is 2.76 bits per heavy atom. The molecule has 0 spiro atoms. The third-order valence-electron chi connectivity index (χ3n) is 3.98. The fourth-order valence-electron chi connectivity index (χ4n) is 2.89. The molecule has 0 bridgehead atoms. The highest BCUT2D eigenvalue weighted by atomic mass is 15.0. The van der Waals surface area contributed by atoms with Crippen molar-refractivity contribution in [1.82, 2.24) is 9.88 Å². The topological polar surface area (TPSA) is 17.0 Å². The zero-order valence-corrected chi connectivity index (χ0v) is 10.4. The summed E-state index contributed by atoms with van der Waals surface area (Å²) in [4.78, 5) is 0. The Balaban J connectivity index is 1.78. The highest BCUT2D eigenvalue weighted by Crippen LogP contribution is 2.20. The van der Waals surface area contributed by atoms with Crippen LogP contribution in [-0.4, -0.2) is 10.6 Å². The first-order chi connectivity index (χ1) is 8.34. The molecule has 1 aliphatic carbocycles. The van der Waals surface area contributed by atoms with E-state index in [-0.39, 0.29) is 0 Å². The monoisotopic (exact) mass is 228 g/mol. The van der Waals surface area contributed by atoms with Crippen LogP contribution in [0.15, 0.2) is 30.3 Å². The quantitative estimate of drug-likeness (QED) is 0.853. The first-order valence-corrected chi connectivity index (χ1v) is 6.61. The first-order valence-electron chi connectivity index (χ1n) is 6.61. The lowest BCUT2D eigenvalue weighted by molar-refractivity contribution is 0.514. The zero-order chi connectivity index (χ0) is 11.7. The van der Waals surface area contributed by atoms with Crippen molar-refractivity contribution >= 4 is 10.9 Å². The second-order valence-corrected chi connectivity index (χ2v) is 5.12. The molecular weight excluding hydrogens is 208 g/mol. The van der Waals surface area contributed by atoms with E-state index in [9.17, 15) is 0 Å². The van der Waals surface area contributed by atoms with Crippen molar-refractivity contribution in [2.45, 2.75) is 38.3 Å². The fraction of sp³-hybridized carbons (Fsp3) is 0.467. The van der Waals surface area contributed by atoms with Crippen LogP contribution < -0.4 is 5.32 Å². The summed E-state index contributed by atoms with van der Waals surface area (Å²) in [5.74, 6) is 0. The lowest BCUT2D eigenvalue weighted by atomic mass is 10.2. The number of benzene rings is 1. The number of nitrogens with one attached hydrogen (secondary N) is 1. The van der Waals surface area contributed by atoms with E-state index in [4.69, 9.17) is 0 Å². The van der Waals surface area contributed by atoms with Gasteiger partial charge in [0.05, 0.1) is 0 Å². The maximum Gasteiger partial charge on any atom is 0.0480 e. The van der Waals surface area contributed by atoms with Gasteiger partial charge in [-0.1, -0.05) is 31.0 Å². The third kappa shape index (κ3) is 2.09. The summed E-state index contributed by atoms with van der Waals surface area (Å²) < 4.78 is 2.30. The molecule has 90 valence electrons. The van der Waals surface area contributed by atoms with Gasteiger partial charge >= 0.3 is 0 Å². The molecule has 1 saturated carbocycles. The van der Waals surface area contributed by atoms with Crippen LogP contribution in [0.2, 0.25) is 0 Å². The van der Waals surface area contributed by atoms with Crippen molar-refractivity contribution in [3.8, 4) is 0 Å². The van der Waals surface area contributed by atoms with Gasteiger partial charge in [0.25, 0.3) is 0 Å². The number of aryl methyl sites for hydroxylation is 1. The van der Waals surface area contributed by atoms with Gasteiger partial charge in [-0.2, -0.15) is 0 Å². The number of hydrogen-bond donors (Lipinski definition) is 1. The van der Waals surface area contributed by atoms with Crippen molar-refractivity contribution in [2.24, 2.45) is 7.05 Å². The van der Waals surface area contributed by atoms with Gasteiger partial charge in [0.15, 0.2) is 0 Å². The van der Waals surface area contributed by atoms with Gasteiger partial charge in [0.1, 0.15) is 0 Å². The average Bonchev–Trinajstić information content (AvgIpc) is 2.96. The molecule has 2 heteroatoms. The van der Waals surface area contributed by atoms with E-state index in [1.165, 1.54) is 42.3 Å². The van der Waals surface area contributed by atoms with E-state index in [2.05, 4.69) is 47.3 Å².